The monoisotopic (exact) mass is 705 g/mol. The Hall–Kier alpha value is -3.46. The van der Waals surface area contributed by atoms with E-state index in [1.807, 2.05) is 13.8 Å². The van der Waals surface area contributed by atoms with Gasteiger partial charge in [-0.1, -0.05) is 169 Å². The summed E-state index contributed by atoms with van der Waals surface area (Å²) < 4.78 is 0. The van der Waals surface area contributed by atoms with Crippen molar-refractivity contribution in [3.63, 3.8) is 0 Å². The van der Waals surface area contributed by atoms with Crippen molar-refractivity contribution in [1.82, 2.24) is 0 Å². The second-order valence-electron chi connectivity index (χ2n) is 16.6. The zero-order chi connectivity index (χ0) is 38.9. The Morgan fingerprint density at radius 2 is 0.865 bits per heavy atom. The fourth-order valence-electron chi connectivity index (χ4n) is 7.44. The molecule has 284 valence electrons. The fourth-order valence-corrected chi connectivity index (χ4v) is 7.44. The summed E-state index contributed by atoms with van der Waals surface area (Å²) in [5.41, 5.74) is 13.1. The number of aliphatic hydroxyl groups excluding tert-OH is 2. The Bertz CT molecular complexity index is 1490. The molecule has 2 rings (SSSR count). The Balaban J connectivity index is 1.96. The van der Waals surface area contributed by atoms with Gasteiger partial charge in [0.05, 0.1) is 13.2 Å². The van der Waals surface area contributed by atoms with Crippen molar-refractivity contribution >= 4 is 0 Å². The molecule has 2 aliphatic carbocycles. The first-order valence-electron chi connectivity index (χ1n) is 19.5. The van der Waals surface area contributed by atoms with E-state index in [0.717, 1.165) is 36.8 Å². The Labute approximate surface area is 319 Å². The van der Waals surface area contributed by atoms with E-state index < -0.39 is 0 Å². The normalized spacial score (nSPS) is 23.3. The maximum atomic E-state index is 9.41. The maximum Gasteiger partial charge on any atom is 0.0639 e. The third-order valence-corrected chi connectivity index (χ3v) is 11.4. The number of aliphatic hydroxyl groups is 2. The van der Waals surface area contributed by atoms with Gasteiger partial charge < -0.3 is 10.2 Å². The number of rotatable bonds is 16. The minimum Gasteiger partial charge on any atom is -0.392 e. The smallest absolute Gasteiger partial charge is 0.0639 e. The lowest BCUT2D eigenvalue weighted by Gasteiger charge is -2.41. The van der Waals surface area contributed by atoms with Crippen LogP contribution in [0.25, 0.3) is 0 Å². The molecule has 0 fully saturated rings. The van der Waals surface area contributed by atoms with Crippen LogP contribution >= 0.6 is 0 Å². The quantitative estimate of drug-likeness (QED) is 0.124. The van der Waals surface area contributed by atoms with Gasteiger partial charge in [0.25, 0.3) is 0 Å². The summed E-state index contributed by atoms with van der Waals surface area (Å²) in [7, 11) is 0. The summed E-state index contributed by atoms with van der Waals surface area (Å²) in [5.74, 6) is 1.16. The molecule has 2 heteroatoms. The minimum absolute atomic E-state index is 0.107. The van der Waals surface area contributed by atoms with Gasteiger partial charge >= 0.3 is 0 Å². The van der Waals surface area contributed by atoms with Crippen LogP contribution in [0.5, 0.6) is 0 Å². The molecule has 0 aromatic heterocycles. The molecule has 2 N–H and O–H groups in total. The summed E-state index contributed by atoms with van der Waals surface area (Å²) in [5, 5.41) is 18.8. The standard InChI is InChI=1S/C50H72O2/c1-37(19-15-21-39(3)25-33-47-43(7)27-31-45(49(47,9)10)29-23-41(5)35-51)17-13-14-18-38(2)20-16-22-40(4)26-34-48-44(8)28-32-46(50(48,11)12)30-24-42(6)36-52/h13-26,33-34,45-46,51-52H,27-32,35-36H2,1-12H3/b14-13+,19-15+,20-16+,33-25+,34-26+,37-17+,38-18+,39-21+,40-22+,41-23+,42-24+/t45-,46-/m0/s1. The molecule has 0 bridgehead atoms. The van der Waals surface area contributed by atoms with Crippen molar-refractivity contribution in [2.75, 3.05) is 13.2 Å². The fraction of sp³-hybridized carbons (Fsp3) is 0.480. The lowest BCUT2D eigenvalue weighted by atomic mass is 9.64. The first-order valence-corrected chi connectivity index (χ1v) is 19.5. The second kappa shape index (κ2) is 21.9. The van der Waals surface area contributed by atoms with Gasteiger partial charge in [-0.2, -0.15) is 0 Å². The van der Waals surface area contributed by atoms with E-state index in [0.29, 0.717) is 11.8 Å². The molecule has 0 aromatic rings. The van der Waals surface area contributed by atoms with E-state index in [9.17, 15) is 10.2 Å². The molecule has 0 saturated carbocycles. The molecule has 0 heterocycles. The van der Waals surface area contributed by atoms with Gasteiger partial charge in [0, 0.05) is 0 Å². The molecule has 0 aromatic carbocycles. The van der Waals surface area contributed by atoms with Gasteiger partial charge in [-0.25, -0.2) is 0 Å². The molecule has 0 amide bonds. The van der Waals surface area contributed by atoms with Gasteiger partial charge in [-0.05, 0) is 128 Å². The van der Waals surface area contributed by atoms with E-state index in [2.05, 4.69) is 166 Å². The maximum absolute atomic E-state index is 9.41. The summed E-state index contributed by atoms with van der Waals surface area (Å²) in [6.07, 6.45) is 41.8. The van der Waals surface area contributed by atoms with Gasteiger partial charge in [0.15, 0.2) is 0 Å². The van der Waals surface area contributed by atoms with Crippen LogP contribution < -0.4 is 0 Å². The first-order chi connectivity index (χ1) is 24.5. The SMILES string of the molecule is CC1=C(/C=C/C(C)=C/C=C/C(C)=C/C=C/C=C(C)/C=C/C=C(C)/C=C/C2=C(C)CC[C@H](C/C=C(\C)CO)C2(C)C)C(C)(C)[C@@H](C/C=C(\C)CO)CC1. The van der Waals surface area contributed by atoms with Gasteiger partial charge in [-0.3, -0.25) is 0 Å². The molecule has 0 radical (unpaired) electrons. The van der Waals surface area contributed by atoms with Crippen LogP contribution in [0.3, 0.4) is 0 Å². The minimum atomic E-state index is 0.107. The van der Waals surface area contributed by atoms with Crippen LogP contribution in [0.2, 0.25) is 0 Å². The predicted octanol–water partition coefficient (Wildman–Crippen LogP) is 13.7. The zero-order valence-corrected chi connectivity index (χ0v) is 34.9. The van der Waals surface area contributed by atoms with Crippen LogP contribution in [0.15, 0.2) is 153 Å². The van der Waals surface area contributed by atoms with Crippen LogP contribution in [0, 0.1) is 22.7 Å². The van der Waals surface area contributed by atoms with Crippen molar-refractivity contribution in [3.8, 4) is 0 Å². The van der Waals surface area contributed by atoms with Crippen LogP contribution in [0.1, 0.15) is 122 Å². The van der Waals surface area contributed by atoms with Crippen LogP contribution in [-0.4, -0.2) is 23.4 Å². The number of hydrogen-bond donors (Lipinski definition) is 2. The molecule has 0 spiro atoms. The number of allylic oxidation sites excluding steroid dienone is 24. The highest BCUT2D eigenvalue weighted by atomic mass is 16.3. The summed E-state index contributed by atoms with van der Waals surface area (Å²) in [6.45, 7) is 27.0. The Kier molecular flexibility index (Phi) is 18.8. The predicted molar refractivity (Wildman–Crippen MR) is 230 cm³/mol. The van der Waals surface area contributed by atoms with E-state index in [1.165, 1.54) is 57.4 Å². The molecule has 0 aliphatic heterocycles. The largest absolute Gasteiger partial charge is 0.392 e. The van der Waals surface area contributed by atoms with Crippen molar-refractivity contribution < 1.29 is 10.2 Å². The summed E-state index contributed by atoms with van der Waals surface area (Å²) in [6, 6.07) is 0. The average Bonchev–Trinajstić information content (AvgIpc) is 3.08. The lowest BCUT2D eigenvalue weighted by Crippen LogP contribution is -2.30. The highest BCUT2D eigenvalue weighted by Crippen LogP contribution is 2.48. The van der Waals surface area contributed by atoms with Crippen molar-refractivity contribution in [2.45, 2.75) is 122 Å². The van der Waals surface area contributed by atoms with Crippen LogP contribution in [-0.2, 0) is 0 Å². The zero-order valence-electron chi connectivity index (χ0n) is 34.9. The van der Waals surface area contributed by atoms with E-state index in [4.69, 9.17) is 0 Å². The summed E-state index contributed by atoms with van der Waals surface area (Å²) >= 11 is 0. The Morgan fingerprint density at radius 3 is 1.21 bits per heavy atom. The molecule has 0 saturated heterocycles. The highest BCUT2D eigenvalue weighted by Gasteiger charge is 2.36. The molecule has 0 unspecified atom stereocenters. The van der Waals surface area contributed by atoms with E-state index in [-0.39, 0.29) is 24.0 Å². The topological polar surface area (TPSA) is 40.5 Å². The summed E-state index contributed by atoms with van der Waals surface area (Å²) in [4.78, 5) is 0. The van der Waals surface area contributed by atoms with Crippen molar-refractivity contribution in [1.29, 1.82) is 0 Å². The van der Waals surface area contributed by atoms with Gasteiger partial charge in [0.2, 0.25) is 0 Å². The molecule has 2 nitrogen and oxygen atoms in total. The van der Waals surface area contributed by atoms with Gasteiger partial charge in [-0.15, -0.1) is 0 Å². The lowest BCUT2D eigenvalue weighted by molar-refractivity contribution is 0.235. The van der Waals surface area contributed by atoms with E-state index >= 15 is 0 Å². The first kappa shape index (κ1) is 44.7. The van der Waals surface area contributed by atoms with Crippen LogP contribution in [0.4, 0.5) is 0 Å². The molecule has 2 aliphatic rings. The highest BCUT2D eigenvalue weighted by molar-refractivity contribution is 5.40. The average molecular weight is 705 g/mol. The van der Waals surface area contributed by atoms with Crippen molar-refractivity contribution in [2.24, 2.45) is 22.7 Å². The van der Waals surface area contributed by atoms with Crippen molar-refractivity contribution in [3.05, 3.63) is 153 Å². The third-order valence-electron chi connectivity index (χ3n) is 11.4. The second-order valence-corrected chi connectivity index (χ2v) is 16.6. The molecule has 2 atom stereocenters. The number of hydrogen-bond acceptors (Lipinski definition) is 2. The molecule has 52 heavy (non-hydrogen) atoms. The third kappa shape index (κ3) is 14.5. The molecular formula is C50H72O2. The molecular weight excluding hydrogens is 633 g/mol. The van der Waals surface area contributed by atoms with E-state index in [1.54, 1.807) is 0 Å². The van der Waals surface area contributed by atoms with Gasteiger partial charge in [0.1, 0.15) is 0 Å². The Morgan fingerprint density at radius 1 is 0.538 bits per heavy atom.